The summed E-state index contributed by atoms with van der Waals surface area (Å²) in [7, 11) is 0. The van der Waals surface area contributed by atoms with E-state index in [1.54, 1.807) is 0 Å². The van der Waals surface area contributed by atoms with Crippen molar-refractivity contribution in [2.75, 3.05) is 0 Å². The van der Waals surface area contributed by atoms with Crippen LogP contribution in [0.5, 0.6) is 0 Å². The first-order valence-corrected chi connectivity index (χ1v) is 13.7. The highest BCUT2D eigenvalue weighted by Gasteiger charge is 2.45. The number of hydrogen-bond acceptors (Lipinski definition) is 0. The first kappa shape index (κ1) is 41.3. The summed E-state index contributed by atoms with van der Waals surface area (Å²) in [4.78, 5) is 0. The van der Waals surface area contributed by atoms with Crippen molar-refractivity contribution in [3.05, 3.63) is 0 Å². The summed E-state index contributed by atoms with van der Waals surface area (Å²) in [6.07, 6.45) is 5.13. The van der Waals surface area contributed by atoms with Gasteiger partial charge >= 0.3 is 0 Å². The van der Waals surface area contributed by atoms with Gasteiger partial charge in [-0.25, -0.2) is 0 Å². The van der Waals surface area contributed by atoms with Gasteiger partial charge in [0.2, 0.25) is 0 Å². The fraction of sp³-hybridized carbons (Fsp3) is 1.00. The van der Waals surface area contributed by atoms with Crippen molar-refractivity contribution >= 4 is 0 Å². The van der Waals surface area contributed by atoms with Crippen molar-refractivity contribution in [3.63, 3.8) is 0 Å². The molecule has 0 unspecified atom stereocenters. The molecule has 0 bridgehead atoms. The van der Waals surface area contributed by atoms with Crippen LogP contribution < -0.4 is 0 Å². The lowest BCUT2D eigenvalue weighted by atomic mass is 9.54. The van der Waals surface area contributed by atoms with E-state index in [1.165, 1.54) is 25.7 Å². The van der Waals surface area contributed by atoms with Crippen molar-refractivity contribution in [2.24, 2.45) is 33.0 Å². The van der Waals surface area contributed by atoms with Crippen LogP contribution in [-0.4, -0.2) is 0 Å². The first-order valence-electron chi connectivity index (χ1n) is 13.7. The second-order valence-corrected chi connectivity index (χ2v) is 13.5. The van der Waals surface area contributed by atoms with E-state index in [-0.39, 0.29) is 0 Å². The molecule has 0 aromatic carbocycles. The molecule has 0 nitrogen and oxygen atoms in total. The van der Waals surface area contributed by atoms with Crippen LogP contribution >= 0.6 is 0 Å². The second-order valence-electron chi connectivity index (χ2n) is 13.5. The molecule has 31 heavy (non-hydrogen) atoms. The summed E-state index contributed by atoms with van der Waals surface area (Å²) >= 11 is 0. The first-order chi connectivity index (χ1) is 13.7. The Bertz CT molecular complexity index is 321. The van der Waals surface area contributed by atoms with Gasteiger partial charge < -0.3 is 0 Å². The molecule has 0 saturated carbocycles. The van der Waals surface area contributed by atoms with Gasteiger partial charge in [0, 0.05) is 0 Å². The average molecular weight is 445 g/mol. The molecule has 0 heteroatoms. The highest BCUT2D eigenvalue weighted by Crippen LogP contribution is 2.54. The van der Waals surface area contributed by atoms with E-state index in [4.69, 9.17) is 0 Å². The SMILES string of the molecule is CC.CC.CC.CC(C)(C)CC(C(C)(C)CC(C)(C)C)C(C)(C)CC(C)(C)C.CCC. The summed E-state index contributed by atoms with van der Waals surface area (Å²) in [5, 5.41) is 0. The maximum atomic E-state index is 2.51. The zero-order chi connectivity index (χ0) is 26.9. The van der Waals surface area contributed by atoms with Crippen LogP contribution in [0.1, 0.15) is 171 Å². The molecule has 0 fully saturated rings. The van der Waals surface area contributed by atoms with E-state index in [9.17, 15) is 0 Å². The molecule has 0 heterocycles. The highest BCUT2D eigenvalue weighted by atomic mass is 14.5. The zero-order valence-corrected chi connectivity index (χ0v) is 26.9. The summed E-state index contributed by atoms with van der Waals surface area (Å²) < 4.78 is 0. The van der Waals surface area contributed by atoms with Gasteiger partial charge in [0.1, 0.15) is 0 Å². The molecule has 0 spiro atoms. The molecule has 0 atom stereocenters. The molecule has 0 N–H and O–H groups in total. The minimum absolute atomic E-state index is 0.361. The Labute approximate surface area is 204 Å². The summed E-state index contributed by atoms with van der Waals surface area (Å²) in [5.74, 6) is 0.735. The minimum atomic E-state index is 0.361. The fourth-order valence-electron chi connectivity index (χ4n) is 5.20. The van der Waals surface area contributed by atoms with Crippen LogP contribution in [0.15, 0.2) is 0 Å². The molecular weight excluding hydrogens is 372 g/mol. The van der Waals surface area contributed by atoms with Gasteiger partial charge in [-0.1, -0.05) is 152 Å². The maximum absolute atomic E-state index is 2.51. The van der Waals surface area contributed by atoms with Gasteiger partial charge in [0.15, 0.2) is 0 Å². The number of rotatable bonds is 5. The third-order valence-electron chi connectivity index (χ3n) is 4.68. The lowest BCUT2D eigenvalue weighted by Gasteiger charge is -2.51. The third kappa shape index (κ3) is 28.0. The maximum Gasteiger partial charge on any atom is -0.0306 e. The zero-order valence-electron chi connectivity index (χ0n) is 26.9. The summed E-state index contributed by atoms with van der Waals surface area (Å²) in [6, 6.07) is 0. The van der Waals surface area contributed by atoms with E-state index in [2.05, 4.69) is 104 Å². The predicted molar refractivity (Wildman–Crippen MR) is 153 cm³/mol. The largest absolute Gasteiger partial charge is 0.0683 e. The van der Waals surface area contributed by atoms with E-state index < -0.39 is 0 Å². The Balaban J connectivity index is -0.000000217. The standard InChI is InChI=1S/C22H46.C3H8.3C2H6/c1-18(2,3)14-17(21(10,11)15-19(4,5)6)22(12,13)16-20(7,8)9;1-3-2;3*1-2/h17H,14-16H2,1-13H3;3H2,1-2H3;3*1-2H3. The molecule has 0 saturated heterocycles. The summed E-state index contributed by atoms with van der Waals surface area (Å²) in [6.45, 7) is 47.8. The van der Waals surface area contributed by atoms with Crippen LogP contribution in [-0.2, 0) is 0 Å². The molecular formula is C31H72. The van der Waals surface area contributed by atoms with Gasteiger partial charge in [-0.2, -0.15) is 0 Å². The minimum Gasteiger partial charge on any atom is -0.0683 e. The van der Waals surface area contributed by atoms with Crippen LogP contribution in [0, 0.1) is 33.0 Å². The van der Waals surface area contributed by atoms with Crippen LogP contribution in [0.25, 0.3) is 0 Å². The molecule has 0 radical (unpaired) electrons. The third-order valence-corrected chi connectivity index (χ3v) is 4.68. The average Bonchev–Trinajstić information content (AvgIpc) is 2.54. The fourth-order valence-corrected chi connectivity index (χ4v) is 5.20. The van der Waals surface area contributed by atoms with Crippen molar-refractivity contribution in [1.29, 1.82) is 0 Å². The van der Waals surface area contributed by atoms with Crippen LogP contribution in [0.4, 0.5) is 0 Å². The van der Waals surface area contributed by atoms with Crippen molar-refractivity contribution in [1.82, 2.24) is 0 Å². The lowest BCUT2D eigenvalue weighted by Crippen LogP contribution is -2.42. The van der Waals surface area contributed by atoms with Crippen molar-refractivity contribution in [3.8, 4) is 0 Å². The van der Waals surface area contributed by atoms with E-state index >= 15 is 0 Å². The predicted octanol–water partition coefficient (Wildman–Crippen LogP) is 12.5. The second kappa shape index (κ2) is 18.4. The topological polar surface area (TPSA) is 0 Å². The van der Waals surface area contributed by atoms with Crippen LogP contribution in [0.2, 0.25) is 0 Å². The van der Waals surface area contributed by atoms with Gasteiger partial charge in [-0.15, -0.1) is 0 Å². The van der Waals surface area contributed by atoms with Crippen LogP contribution in [0.3, 0.4) is 0 Å². The molecule has 0 aliphatic heterocycles. The smallest absolute Gasteiger partial charge is 0.0306 e. The Morgan fingerprint density at radius 1 is 0.419 bits per heavy atom. The molecule has 0 aliphatic rings. The Hall–Kier alpha value is 0. The van der Waals surface area contributed by atoms with Gasteiger partial charge in [0.05, 0.1) is 0 Å². The molecule has 0 amide bonds. The Morgan fingerprint density at radius 2 is 0.613 bits per heavy atom. The van der Waals surface area contributed by atoms with Gasteiger partial charge in [0.25, 0.3) is 0 Å². The van der Waals surface area contributed by atoms with E-state index in [0.717, 1.165) is 5.92 Å². The Kier molecular flexibility index (Phi) is 24.5. The Morgan fingerprint density at radius 3 is 0.742 bits per heavy atom. The molecule has 0 aliphatic carbocycles. The van der Waals surface area contributed by atoms with Gasteiger partial charge in [-0.05, 0) is 52.3 Å². The quantitative estimate of drug-likeness (QED) is 0.395. The molecule has 0 aromatic rings. The van der Waals surface area contributed by atoms with Crippen molar-refractivity contribution < 1.29 is 0 Å². The molecule has 196 valence electrons. The summed E-state index contributed by atoms with van der Waals surface area (Å²) in [5.41, 5.74) is 1.88. The molecule has 0 rings (SSSR count). The van der Waals surface area contributed by atoms with Crippen molar-refractivity contribution in [2.45, 2.75) is 171 Å². The lowest BCUT2D eigenvalue weighted by molar-refractivity contribution is -0.0126. The molecule has 0 aromatic heterocycles. The van der Waals surface area contributed by atoms with E-state index in [1.807, 2.05) is 41.5 Å². The van der Waals surface area contributed by atoms with E-state index in [0.29, 0.717) is 27.1 Å². The number of hydrogen-bond donors (Lipinski definition) is 0. The van der Waals surface area contributed by atoms with Gasteiger partial charge in [-0.3, -0.25) is 0 Å². The highest BCUT2D eigenvalue weighted by molar-refractivity contribution is 4.94. The monoisotopic (exact) mass is 445 g/mol. The normalized spacial score (nSPS) is 12.2.